The molecule has 1 saturated heterocycles. The first-order valence-electron chi connectivity index (χ1n) is 9.54. The van der Waals surface area contributed by atoms with Crippen LogP contribution in [0.2, 0.25) is 0 Å². The third-order valence-electron chi connectivity index (χ3n) is 5.61. The predicted octanol–water partition coefficient (Wildman–Crippen LogP) is 1.69. The fourth-order valence-electron chi connectivity index (χ4n) is 4.07. The summed E-state index contributed by atoms with van der Waals surface area (Å²) in [6, 6.07) is 8.17. The molecule has 2 aromatic rings. The van der Waals surface area contributed by atoms with Crippen LogP contribution in [0.4, 0.5) is 5.82 Å². The van der Waals surface area contributed by atoms with Gasteiger partial charge in [-0.1, -0.05) is 12.8 Å². The minimum Gasteiger partial charge on any atom is -0.355 e. The van der Waals surface area contributed by atoms with Crippen molar-refractivity contribution in [2.75, 3.05) is 37.3 Å². The predicted molar refractivity (Wildman–Crippen MR) is 106 cm³/mol. The Balaban J connectivity index is 1.53. The summed E-state index contributed by atoms with van der Waals surface area (Å²) in [5.74, 6) is 0.971. The van der Waals surface area contributed by atoms with Crippen molar-refractivity contribution in [1.82, 2.24) is 14.0 Å². The molecule has 0 aromatic carbocycles. The molecular formula is C19H26N4O3S. The van der Waals surface area contributed by atoms with Crippen LogP contribution in [0.15, 0.2) is 30.5 Å². The van der Waals surface area contributed by atoms with Crippen molar-refractivity contribution in [2.24, 2.45) is 0 Å². The highest BCUT2D eigenvalue weighted by Crippen LogP contribution is 2.23. The topological polar surface area (TPSA) is 74.1 Å². The molecule has 0 bridgehead atoms. The summed E-state index contributed by atoms with van der Waals surface area (Å²) in [6.45, 7) is 2.23. The summed E-state index contributed by atoms with van der Waals surface area (Å²) in [5, 5.41) is 3.13. The molecule has 1 aliphatic heterocycles. The van der Waals surface area contributed by atoms with Crippen LogP contribution in [0.1, 0.15) is 36.0 Å². The fraction of sp³-hybridized carbons (Fsp3) is 0.526. The normalized spacial score (nSPS) is 19.7. The van der Waals surface area contributed by atoms with Crippen molar-refractivity contribution in [3.05, 3.63) is 36.0 Å². The summed E-state index contributed by atoms with van der Waals surface area (Å²) < 4.78 is 27.0. The first kappa shape index (κ1) is 18.3. The second kappa shape index (κ2) is 7.16. The van der Waals surface area contributed by atoms with Crippen molar-refractivity contribution in [2.45, 2.75) is 31.7 Å². The molecule has 146 valence electrons. The number of carbonyl (C=O) groups is 1. The second-order valence-electron chi connectivity index (χ2n) is 7.51. The van der Waals surface area contributed by atoms with E-state index in [0.29, 0.717) is 37.8 Å². The number of nitrogens with zero attached hydrogens (tertiary/aromatic N) is 3. The fourth-order valence-corrected chi connectivity index (χ4v) is 4.89. The molecule has 1 aliphatic carbocycles. The number of hydrogen-bond donors (Lipinski definition) is 1. The number of piperazine rings is 1. The summed E-state index contributed by atoms with van der Waals surface area (Å²) >= 11 is 0. The number of hydrogen-bond acceptors (Lipinski definition) is 4. The molecule has 2 fully saturated rings. The quantitative estimate of drug-likeness (QED) is 0.862. The van der Waals surface area contributed by atoms with E-state index in [0.717, 1.165) is 24.2 Å². The van der Waals surface area contributed by atoms with Gasteiger partial charge in [0.1, 0.15) is 5.82 Å². The van der Waals surface area contributed by atoms with E-state index in [2.05, 4.69) is 10.2 Å². The van der Waals surface area contributed by atoms with Gasteiger partial charge in [-0.25, -0.2) is 8.42 Å². The molecule has 0 spiro atoms. The Labute approximate surface area is 160 Å². The van der Waals surface area contributed by atoms with Crippen LogP contribution in [-0.4, -0.2) is 61.5 Å². The van der Waals surface area contributed by atoms with E-state index in [1.165, 1.54) is 23.4 Å². The van der Waals surface area contributed by atoms with E-state index < -0.39 is 10.0 Å². The van der Waals surface area contributed by atoms with Crippen molar-refractivity contribution < 1.29 is 13.2 Å². The number of carbonyl (C=O) groups excluding carboxylic acids is 1. The average molecular weight is 391 g/mol. The smallest absolute Gasteiger partial charge is 0.252 e. The lowest BCUT2D eigenvalue weighted by atomic mass is 10.2. The third-order valence-corrected chi connectivity index (χ3v) is 6.92. The van der Waals surface area contributed by atoms with E-state index in [1.807, 2.05) is 34.9 Å². The second-order valence-corrected chi connectivity index (χ2v) is 9.49. The van der Waals surface area contributed by atoms with Gasteiger partial charge >= 0.3 is 0 Å². The first-order chi connectivity index (χ1) is 12.9. The lowest BCUT2D eigenvalue weighted by Crippen LogP contribution is -2.48. The minimum atomic E-state index is -3.14. The van der Waals surface area contributed by atoms with Gasteiger partial charge in [-0.2, -0.15) is 4.31 Å². The summed E-state index contributed by atoms with van der Waals surface area (Å²) in [5.41, 5.74) is 1.68. The van der Waals surface area contributed by atoms with Gasteiger partial charge in [0.2, 0.25) is 10.0 Å². The Hall–Kier alpha value is -2.06. The number of sulfonamides is 1. The van der Waals surface area contributed by atoms with Gasteiger partial charge in [-0.15, -0.1) is 0 Å². The van der Waals surface area contributed by atoms with Crippen LogP contribution in [0.3, 0.4) is 0 Å². The zero-order valence-corrected chi connectivity index (χ0v) is 16.4. The van der Waals surface area contributed by atoms with E-state index in [4.69, 9.17) is 0 Å². The standard InChI is InChI=1S/C19H26N4O3S/c1-27(25,26)22-12-10-21(11-13-22)18-9-8-17-7-6-15(14-23(17)18)19(24)20-16-4-2-3-5-16/h6-9,14,16H,2-5,10-13H2,1H3,(H,20,24). The Morgan fingerprint density at radius 2 is 1.70 bits per heavy atom. The van der Waals surface area contributed by atoms with Crippen LogP contribution in [0.5, 0.6) is 0 Å². The van der Waals surface area contributed by atoms with Gasteiger partial charge in [0.05, 0.1) is 11.8 Å². The van der Waals surface area contributed by atoms with E-state index in [-0.39, 0.29) is 5.91 Å². The number of nitrogens with one attached hydrogen (secondary N) is 1. The molecule has 8 heteroatoms. The van der Waals surface area contributed by atoms with Crippen LogP contribution in [0.25, 0.3) is 5.52 Å². The van der Waals surface area contributed by atoms with Crippen LogP contribution < -0.4 is 10.2 Å². The molecule has 0 radical (unpaired) electrons. The maximum absolute atomic E-state index is 12.6. The van der Waals surface area contributed by atoms with Gasteiger partial charge in [0, 0.05) is 43.9 Å². The zero-order chi connectivity index (χ0) is 19.0. The molecule has 2 aromatic heterocycles. The van der Waals surface area contributed by atoms with E-state index >= 15 is 0 Å². The maximum Gasteiger partial charge on any atom is 0.252 e. The first-order valence-corrected chi connectivity index (χ1v) is 11.4. The zero-order valence-electron chi connectivity index (χ0n) is 15.6. The Bertz CT molecular complexity index is 939. The molecule has 1 N–H and O–H groups in total. The molecular weight excluding hydrogens is 364 g/mol. The molecule has 1 saturated carbocycles. The Morgan fingerprint density at radius 1 is 1.04 bits per heavy atom. The summed E-state index contributed by atoms with van der Waals surface area (Å²) in [6.07, 6.45) is 7.64. The lowest BCUT2D eigenvalue weighted by molar-refractivity contribution is 0.0937. The SMILES string of the molecule is CS(=O)(=O)N1CCN(c2ccc3ccc(C(=O)NC4CCCC4)cn23)CC1. The van der Waals surface area contributed by atoms with Crippen molar-refractivity contribution >= 4 is 27.3 Å². The van der Waals surface area contributed by atoms with Gasteiger partial charge < -0.3 is 14.6 Å². The van der Waals surface area contributed by atoms with Gasteiger partial charge in [0.25, 0.3) is 5.91 Å². The van der Waals surface area contributed by atoms with Crippen molar-refractivity contribution in [3.8, 4) is 0 Å². The molecule has 2 aliphatic rings. The highest BCUT2D eigenvalue weighted by molar-refractivity contribution is 7.88. The minimum absolute atomic E-state index is 0.0228. The van der Waals surface area contributed by atoms with Crippen molar-refractivity contribution in [3.63, 3.8) is 0 Å². The third kappa shape index (κ3) is 3.82. The number of pyridine rings is 1. The number of aromatic nitrogens is 1. The number of amides is 1. The van der Waals surface area contributed by atoms with Crippen LogP contribution in [-0.2, 0) is 10.0 Å². The molecule has 0 unspecified atom stereocenters. The molecule has 3 heterocycles. The molecule has 4 rings (SSSR count). The monoisotopic (exact) mass is 390 g/mol. The van der Waals surface area contributed by atoms with Gasteiger partial charge in [-0.3, -0.25) is 4.79 Å². The molecule has 1 amide bonds. The Morgan fingerprint density at radius 3 is 2.37 bits per heavy atom. The lowest BCUT2D eigenvalue weighted by Gasteiger charge is -2.34. The molecule has 27 heavy (non-hydrogen) atoms. The molecule has 7 nitrogen and oxygen atoms in total. The van der Waals surface area contributed by atoms with Crippen molar-refractivity contribution in [1.29, 1.82) is 0 Å². The van der Waals surface area contributed by atoms with Gasteiger partial charge in [-0.05, 0) is 37.1 Å². The summed E-state index contributed by atoms with van der Waals surface area (Å²) in [4.78, 5) is 14.8. The molecule has 0 atom stereocenters. The van der Waals surface area contributed by atoms with E-state index in [9.17, 15) is 13.2 Å². The number of fused-ring (bicyclic) bond motifs is 1. The van der Waals surface area contributed by atoms with Crippen LogP contribution >= 0.6 is 0 Å². The van der Waals surface area contributed by atoms with Crippen LogP contribution in [0, 0.1) is 0 Å². The highest BCUT2D eigenvalue weighted by Gasteiger charge is 2.25. The van der Waals surface area contributed by atoms with E-state index in [1.54, 1.807) is 0 Å². The number of rotatable bonds is 4. The summed E-state index contributed by atoms with van der Waals surface area (Å²) in [7, 11) is -3.14. The number of anilines is 1. The Kier molecular flexibility index (Phi) is 4.86. The maximum atomic E-state index is 12.6. The average Bonchev–Trinajstić information content (AvgIpc) is 3.30. The highest BCUT2D eigenvalue weighted by atomic mass is 32.2. The largest absolute Gasteiger partial charge is 0.355 e. The van der Waals surface area contributed by atoms with Gasteiger partial charge in [0.15, 0.2) is 0 Å².